The van der Waals surface area contributed by atoms with Gasteiger partial charge in [0.1, 0.15) is 5.75 Å². The van der Waals surface area contributed by atoms with Crippen molar-refractivity contribution in [1.29, 1.82) is 0 Å². The van der Waals surface area contributed by atoms with Crippen LogP contribution in [0.1, 0.15) is 36.8 Å². The molecule has 1 amide bonds. The van der Waals surface area contributed by atoms with Crippen LogP contribution in [0.2, 0.25) is 0 Å². The minimum absolute atomic E-state index is 0.191. The van der Waals surface area contributed by atoms with E-state index in [4.69, 9.17) is 4.74 Å². The molecule has 1 aromatic carbocycles. The fourth-order valence-corrected chi connectivity index (χ4v) is 3.71. The molecule has 3 rings (SSSR count). The number of carbonyl (C=O) groups excluding carboxylic acids is 1. The Morgan fingerprint density at radius 2 is 1.96 bits per heavy atom. The molecule has 0 aliphatic carbocycles. The van der Waals surface area contributed by atoms with Crippen LogP contribution in [0.5, 0.6) is 5.75 Å². The first kappa shape index (κ1) is 19.4. The van der Waals surface area contributed by atoms with Crippen LogP contribution in [0.3, 0.4) is 0 Å². The SMILES string of the molecule is COc1ccccc1CN(Cc1ccncc1)C(=O)C[C@H]1CCCCN1C. The van der Waals surface area contributed by atoms with Crippen molar-refractivity contribution in [2.45, 2.75) is 44.8 Å². The van der Waals surface area contributed by atoms with Crippen molar-refractivity contribution in [2.75, 3.05) is 20.7 Å². The maximum absolute atomic E-state index is 13.2. The first-order valence-corrected chi connectivity index (χ1v) is 9.66. The number of aromatic nitrogens is 1. The quantitative estimate of drug-likeness (QED) is 0.751. The lowest BCUT2D eigenvalue weighted by molar-refractivity contribution is -0.134. The van der Waals surface area contributed by atoms with Gasteiger partial charge in [-0.3, -0.25) is 9.78 Å². The van der Waals surface area contributed by atoms with Gasteiger partial charge < -0.3 is 14.5 Å². The summed E-state index contributed by atoms with van der Waals surface area (Å²) in [6.07, 6.45) is 7.64. The summed E-state index contributed by atoms with van der Waals surface area (Å²) in [6, 6.07) is 12.2. The van der Waals surface area contributed by atoms with E-state index in [0.717, 1.165) is 29.8 Å². The molecule has 0 N–H and O–H groups in total. The van der Waals surface area contributed by atoms with Gasteiger partial charge >= 0.3 is 0 Å². The largest absolute Gasteiger partial charge is 0.496 e. The van der Waals surface area contributed by atoms with Gasteiger partial charge in [-0.2, -0.15) is 0 Å². The van der Waals surface area contributed by atoms with E-state index in [1.807, 2.05) is 41.3 Å². The molecule has 2 aromatic rings. The number of nitrogens with zero attached hydrogens (tertiary/aromatic N) is 3. The third-order valence-electron chi connectivity index (χ3n) is 5.36. The van der Waals surface area contributed by atoms with Gasteiger partial charge in [0.2, 0.25) is 5.91 Å². The van der Waals surface area contributed by atoms with E-state index < -0.39 is 0 Å². The van der Waals surface area contributed by atoms with E-state index in [0.29, 0.717) is 25.6 Å². The molecule has 0 bridgehead atoms. The van der Waals surface area contributed by atoms with E-state index in [1.165, 1.54) is 12.8 Å². The fraction of sp³-hybridized carbons (Fsp3) is 0.455. The molecule has 0 saturated carbocycles. The molecule has 1 fully saturated rings. The van der Waals surface area contributed by atoms with Crippen molar-refractivity contribution < 1.29 is 9.53 Å². The van der Waals surface area contributed by atoms with Crippen LogP contribution >= 0.6 is 0 Å². The lowest BCUT2D eigenvalue weighted by atomic mass is 9.99. The average Bonchev–Trinajstić information content (AvgIpc) is 2.70. The van der Waals surface area contributed by atoms with Crippen LogP contribution < -0.4 is 4.74 Å². The lowest BCUT2D eigenvalue weighted by Crippen LogP contribution is -2.41. The van der Waals surface area contributed by atoms with Crippen molar-refractivity contribution in [3.63, 3.8) is 0 Å². The Bertz CT molecular complexity index is 735. The molecular weight excluding hydrogens is 338 g/mol. The lowest BCUT2D eigenvalue weighted by Gasteiger charge is -2.34. The minimum atomic E-state index is 0.191. The third kappa shape index (κ3) is 5.30. The highest BCUT2D eigenvalue weighted by Gasteiger charge is 2.25. The van der Waals surface area contributed by atoms with Gasteiger partial charge in [-0.05, 0) is 50.2 Å². The van der Waals surface area contributed by atoms with Gasteiger partial charge in [0, 0.05) is 43.5 Å². The van der Waals surface area contributed by atoms with Crippen LogP contribution in [0.4, 0.5) is 0 Å². The van der Waals surface area contributed by atoms with Gasteiger partial charge in [-0.15, -0.1) is 0 Å². The predicted molar refractivity (Wildman–Crippen MR) is 106 cm³/mol. The molecule has 1 aromatic heterocycles. The zero-order valence-electron chi connectivity index (χ0n) is 16.3. The summed E-state index contributed by atoms with van der Waals surface area (Å²) in [6.45, 7) is 2.20. The van der Waals surface area contributed by atoms with Crippen molar-refractivity contribution in [1.82, 2.24) is 14.8 Å². The second-order valence-electron chi connectivity index (χ2n) is 7.25. The highest BCUT2D eigenvalue weighted by Crippen LogP contribution is 2.23. The van der Waals surface area contributed by atoms with Crippen molar-refractivity contribution in [3.05, 3.63) is 59.9 Å². The molecule has 1 aliphatic heterocycles. The van der Waals surface area contributed by atoms with E-state index >= 15 is 0 Å². The molecule has 0 unspecified atom stereocenters. The Labute approximate surface area is 162 Å². The molecule has 1 atom stereocenters. The molecule has 1 aliphatic rings. The van der Waals surface area contributed by atoms with Gasteiger partial charge in [0.05, 0.1) is 7.11 Å². The number of hydrogen-bond donors (Lipinski definition) is 0. The zero-order chi connectivity index (χ0) is 19.1. The van der Waals surface area contributed by atoms with E-state index in [-0.39, 0.29) is 5.91 Å². The molecule has 144 valence electrons. The summed E-state index contributed by atoms with van der Waals surface area (Å²) >= 11 is 0. The summed E-state index contributed by atoms with van der Waals surface area (Å²) in [4.78, 5) is 21.6. The number of ether oxygens (including phenoxy) is 1. The topological polar surface area (TPSA) is 45.7 Å². The molecule has 5 nitrogen and oxygen atoms in total. The fourth-order valence-electron chi connectivity index (χ4n) is 3.71. The van der Waals surface area contributed by atoms with Gasteiger partial charge in [0.15, 0.2) is 0 Å². The number of amides is 1. The Hall–Kier alpha value is -2.40. The van der Waals surface area contributed by atoms with E-state index in [1.54, 1.807) is 19.5 Å². The Balaban J connectivity index is 1.77. The van der Waals surface area contributed by atoms with E-state index in [9.17, 15) is 4.79 Å². The zero-order valence-corrected chi connectivity index (χ0v) is 16.3. The van der Waals surface area contributed by atoms with Crippen LogP contribution in [0.15, 0.2) is 48.8 Å². The first-order chi connectivity index (χ1) is 13.2. The number of benzene rings is 1. The van der Waals surface area contributed by atoms with Crippen LogP contribution in [0, 0.1) is 0 Å². The monoisotopic (exact) mass is 367 g/mol. The molecule has 0 spiro atoms. The standard InChI is InChI=1S/C22H29N3O2/c1-24-14-6-5-8-20(24)15-22(26)25(16-18-10-12-23-13-11-18)17-19-7-3-4-9-21(19)27-2/h3-4,7,9-13,20H,5-6,8,14-17H2,1-2H3/t20-/m1/s1. The summed E-state index contributed by atoms with van der Waals surface area (Å²) in [7, 11) is 3.80. The van der Waals surface area contributed by atoms with E-state index in [2.05, 4.69) is 16.9 Å². The molecule has 2 heterocycles. The number of likely N-dealkylation sites (tertiary alicyclic amines) is 1. The normalized spacial score (nSPS) is 17.5. The van der Waals surface area contributed by atoms with Gasteiger partial charge in [0.25, 0.3) is 0 Å². The summed E-state index contributed by atoms with van der Waals surface area (Å²) in [5, 5.41) is 0. The Morgan fingerprint density at radius 1 is 1.19 bits per heavy atom. The average molecular weight is 367 g/mol. The van der Waals surface area contributed by atoms with Crippen molar-refractivity contribution >= 4 is 5.91 Å². The number of carbonyl (C=O) groups is 1. The second-order valence-corrected chi connectivity index (χ2v) is 7.25. The van der Waals surface area contributed by atoms with Gasteiger partial charge in [-0.25, -0.2) is 0 Å². The highest BCUT2D eigenvalue weighted by atomic mass is 16.5. The van der Waals surface area contributed by atoms with Crippen molar-refractivity contribution in [2.24, 2.45) is 0 Å². The number of pyridine rings is 1. The number of para-hydroxylation sites is 1. The van der Waals surface area contributed by atoms with Gasteiger partial charge in [-0.1, -0.05) is 24.6 Å². The highest BCUT2D eigenvalue weighted by molar-refractivity contribution is 5.77. The summed E-state index contributed by atoms with van der Waals surface area (Å²) in [5.41, 5.74) is 2.12. The van der Waals surface area contributed by atoms with Crippen LogP contribution in [0.25, 0.3) is 0 Å². The smallest absolute Gasteiger partial charge is 0.224 e. The first-order valence-electron chi connectivity index (χ1n) is 9.66. The maximum atomic E-state index is 13.2. The molecule has 0 radical (unpaired) electrons. The summed E-state index contributed by atoms with van der Waals surface area (Å²) < 4.78 is 5.49. The molecule has 5 heteroatoms. The van der Waals surface area contributed by atoms with Crippen LogP contribution in [-0.2, 0) is 17.9 Å². The van der Waals surface area contributed by atoms with Crippen LogP contribution in [-0.4, -0.2) is 47.4 Å². The second kappa shape index (κ2) is 9.51. The third-order valence-corrected chi connectivity index (χ3v) is 5.36. The molecule has 1 saturated heterocycles. The minimum Gasteiger partial charge on any atom is -0.496 e. The number of rotatable bonds is 7. The predicted octanol–water partition coefficient (Wildman–Crippen LogP) is 3.49. The number of methoxy groups -OCH3 is 1. The number of piperidine rings is 1. The molecular formula is C22H29N3O2. The Kier molecular flexibility index (Phi) is 6.82. The van der Waals surface area contributed by atoms with Crippen molar-refractivity contribution in [3.8, 4) is 5.75 Å². The summed E-state index contributed by atoms with van der Waals surface area (Å²) in [5.74, 6) is 1.01. The number of hydrogen-bond acceptors (Lipinski definition) is 4. The Morgan fingerprint density at radius 3 is 2.70 bits per heavy atom. The molecule has 27 heavy (non-hydrogen) atoms. The maximum Gasteiger partial charge on any atom is 0.224 e.